The molecule has 0 aromatic rings. The maximum atomic E-state index is 11.4. The van der Waals surface area contributed by atoms with Crippen molar-refractivity contribution in [3.63, 3.8) is 0 Å². The molecule has 0 unspecified atom stereocenters. The summed E-state index contributed by atoms with van der Waals surface area (Å²) in [5.74, 6) is -1.43. The van der Waals surface area contributed by atoms with E-state index >= 15 is 0 Å². The summed E-state index contributed by atoms with van der Waals surface area (Å²) in [5.41, 5.74) is 0.327. The first-order valence-electron chi connectivity index (χ1n) is 6.48. The van der Waals surface area contributed by atoms with E-state index in [0.717, 1.165) is 31.8 Å². The molecular formula is C15H24O4. The predicted molar refractivity (Wildman–Crippen MR) is 74.1 cm³/mol. The van der Waals surface area contributed by atoms with Gasteiger partial charge in [-0.1, -0.05) is 40.2 Å². The molecule has 0 aliphatic rings. The fourth-order valence-electron chi connectivity index (χ4n) is 1.45. The largest absolute Gasteiger partial charge is 0.393 e. The average molecular weight is 268 g/mol. The normalized spacial score (nSPS) is 10.7. The molecule has 0 aliphatic carbocycles. The summed E-state index contributed by atoms with van der Waals surface area (Å²) < 4.78 is 9.29. The Morgan fingerprint density at radius 2 is 1.74 bits per heavy atom. The van der Waals surface area contributed by atoms with Crippen LogP contribution < -0.4 is 0 Å². The van der Waals surface area contributed by atoms with Crippen LogP contribution in [0.1, 0.15) is 52.9 Å². The van der Waals surface area contributed by atoms with Gasteiger partial charge in [-0.15, -0.1) is 0 Å². The van der Waals surface area contributed by atoms with Gasteiger partial charge >= 0.3 is 11.9 Å². The molecule has 0 spiro atoms. The summed E-state index contributed by atoms with van der Waals surface area (Å²) in [6, 6.07) is 0. The topological polar surface area (TPSA) is 52.6 Å². The molecule has 0 aromatic heterocycles. The van der Waals surface area contributed by atoms with Crippen LogP contribution in [0.25, 0.3) is 0 Å². The molecule has 0 heterocycles. The molecule has 0 radical (unpaired) electrons. The van der Waals surface area contributed by atoms with Crippen molar-refractivity contribution < 1.29 is 19.1 Å². The highest BCUT2D eigenvalue weighted by molar-refractivity contribution is 5.82. The minimum atomic E-state index is -0.692. The molecule has 0 saturated carbocycles. The Labute approximate surface area is 115 Å². The lowest BCUT2D eigenvalue weighted by molar-refractivity contribution is -0.150. The van der Waals surface area contributed by atoms with Crippen LogP contribution >= 0.6 is 0 Å². The Morgan fingerprint density at radius 1 is 1.11 bits per heavy atom. The molecule has 0 aromatic carbocycles. The fraction of sp³-hybridized carbons (Fsp3) is 0.600. The Hall–Kier alpha value is -1.58. The zero-order valence-corrected chi connectivity index (χ0v) is 12.2. The number of esters is 2. The SMILES string of the molecule is C=CC(=O)OC(=C)OC(=O)CCCCCC(C)(C)C. The second kappa shape index (κ2) is 8.51. The van der Waals surface area contributed by atoms with Crippen molar-refractivity contribution in [3.8, 4) is 0 Å². The molecular weight excluding hydrogens is 244 g/mol. The summed E-state index contributed by atoms with van der Waals surface area (Å²) >= 11 is 0. The Balaban J connectivity index is 3.68. The van der Waals surface area contributed by atoms with E-state index in [-0.39, 0.29) is 5.95 Å². The average Bonchev–Trinajstić information content (AvgIpc) is 2.26. The highest BCUT2D eigenvalue weighted by Crippen LogP contribution is 2.22. The van der Waals surface area contributed by atoms with Crippen LogP contribution in [-0.4, -0.2) is 11.9 Å². The zero-order chi connectivity index (χ0) is 14.9. The van der Waals surface area contributed by atoms with Gasteiger partial charge in [0, 0.05) is 12.5 Å². The van der Waals surface area contributed by atoms with Gasteiger partial charge in [0.2, 0.25) is 0 Å². The van der Waals surface area contributed by atoms with Gasteiger partial charge in [0.25, 0.3) is 5.95 Å². The van der Waals surface area contributed by atoms with E-state index in [0.29, 0.717) is 11.8 Å². The van der Waals surface area contributed by atoms with E-state index in [4.69, 9.17) is 4.74 Å². The first kappa shape index (κ1) is 17.4. The minimum absolute atomic E-state index is 0.300. The summed E-state index contributed by atoms with van der Waals surface area (Å²) in [5, 5.41) is 0. The van der Waals surface area contributed by atoms with Gasteiger partial charge in [-0.3, -0.25) is 4.79 Å². The molecule has 0 rings (SSSR count). The number of hydrogen-bond acceptors (Lipinski definition) is 4. The molecule has 0 amide bonds. The van der Waals surface area contributed by atoms with Gasteiger partial charge in [-0.25, -0.2) is 4.79 Å². The molecule has 0 bridgehead atoms. The monoisotopic (exact) mass is 268 g/mol. The van der Waals surface area contributed by atoms with Crippen molar-refractivity contribution in [1.82, 2.24) is 0 Å². The Kier molecular flexibility index (Phi) is 7.80. The van der Waals surface area contributed by atoms with Gasteiger partial charge in [-0.05, 0) is 24.8 Å². The molecule has 0 N–H and O–H groups in total. The van der Waals surface area contributed by atoms with Gasteiger partial charge in [-0.2, -0.15) is 0 Å². The number of ether oxygens (including phenoxy) is 2. The van der Waals surface area contributed by atoms with Crippen LogP contribution in [0, 0.1) is 5.41 Å². The second-order valence-electron chi connectivity index (χ2n) is 5.59. The van der Waals surface area contributed by atoms with Gasteiger partial charge < -0.3 is 9.47 Å². The van der Waals surface area contributed by atoms with Crippen LogP contribution in [0.15, 0.2) is 25.2 Å². The summed E-state index contributed by atoms with van der Waals surface area (Å²) in [7, 11) is 0. The molecule has 4 nitrogen and oxygen atoms in total. The van der Waals surface area contributed by atoms with Crippen LogP contribution in [0.4, 0.5) is 0 Å². The predicted octanol–water partition coefficient (Wildman–Crippen LogP) is 3.73. The summed E-state index contributed by atoms with van der Waals surface area (Å²) in [6.45, 7) is 13.1. The lowest BCUT2D eigenvalue weighted by atomic mass is 9.89. The van der Waals surface area contributed by atoms with Crippen molar-refractivity contribution >= 4 is 11.9 Å². The molecule has 0 saturated heterocycles. The zero-order valence-electron chi connectivity index (χ0n) is 12.2. The van der Waals surface area contributed by atoms with Crippen molar-refractivity contribution in [2.45, 2.75) is 52.9 Å². The Bertz CT molecular complexity index is 337. The Morgan fingerprint density at radius 3 is 2.26 bits per heavy atom. The third-order valence-electron chi connectivity index (χ3n) is 2.42. The molecule has 19 heavy (non-hydrogen) atoms. The van der Waals surface area contributed by atoms with Crippen molar-refractivity contribution in [3.05, 3.63) is 25.2 Å². The van der Waals surface area contributed by atoms with Gasteiger partial charge in [0.1, 0.15) is 0 Å². The molecule has 0 atom stereocenters. The van der Waals surface area contributed by atoms with E-state index in [9.17, 15) is 9.59 Å². The summed E-state index contributed by atoms with van der Waals surface area (Å²) in [4.78, 5) is 22.2. The van der Waals surface area contributed by atoms with E-state index < -0.39 is 11.9 Å². The standard InChI is InChI=1S/C15H24O4/c1-6-13(16)18-12(2)19-14(17)10-8-7-9-11-15(3,4)5/h6H,1-2,7-11H2,3-5H3. The van der Waals surface area contributed by atoms with Crippen LogP contribution in [0.3, 0.4) is 0 Å². The first-order chi connectivity index (χ1) is 8.74. The smallest absolute Gasteiger partial charge is 0.337 e. The van der Waals surface area contributed by atoms with Crippen LogP contribution in [0.2, 0.25) is 0 Å². The first-order valence-corrected chi connectivity index (χ1v) is 6.48. The van der Waals surface area contributed by atoms with Crippen LogP contribution in [0.5, 0.6) is 0 Å². The molecule has 0 aliphatic heterocycles. The summed E-state index contributed by atoms with van der Waals surface area (Å²) in [6.07, 6.45) is 5.23. The molecule has 0 fully saturated rings. The lowest BCUT2D eigenvalue weighted by Gasteiger charge is -2.17. The number of carbonyl (C=O) groups excluding carboxylic acids is 2. The van der Waals surface area contributed by atoms with Crippen molar-refractivity contribution in [2.75, 3.05) is 0 Å². The maximum absolute atomic E-state index is 11.4. The number of rotatable bonds is 8. The third-order valence-corrected chi connectivity index (χ3v) is 2.42. The van der Waals surface area contributed by atoms with E-state index in [1.54, 1.807) is 0 Å². The highest BCUT2D eigenvalue weighted by Gasteiger charge is 2.11. The number of unbranched alkanes of at least 4 members (excludes halogenated alkanes) is 2. The van der Waals surface area contributed by atoms with Crippen molar-refractivity contribution in [2.24, 2.45) is 5.41 Å². The number of carbonyl (C=O) groups is 2. The van der Waals surface area contributed by atoms with E-state index in [1.165, 1.54) is 0 Å². The third kappa shape index (κ3) is 11.3. The van der Waals surface area contributed by atoms with Gasteiger partial charge in [0.05, 0.1) is 0 Å². The highest BCUT2D eigenvalue weighted by atomic mass is 16.7. The molecule has 4 heteroatoms. The maximum Gasteiger partial charge on any atom is 0.337 e. The molecule has 108 valence electrons. The van der Waals surface area contributed by atoms with Crippen molar-refractivity contribution in [1.29, 1.82) is 0 Å². The lowest BCUT2D eigenvalue weighted by Crippen LogP contribution is -2.09. The number of hydrogen-bond donors (Lipinski definition) is 0. The fourth-order valence-corrected chi connectivity index (χ4v) is 1.45. The second-order valence-corrected chi connectivity index (χ2v) is 5.59. The van der Waals surface area contributed by atoms with E-state index in [2.05, 4.69) is 38.7 Å². The minimum Gasteiger partial charge on any atom is -0.393 e. The van der Waals surface area contributed by atoms with E-state index in [1.807, 2.05) is 0 Å². The quantitative estimate of drug-likeness (QED) is 0.291. The van der Waals surface area contributed by atoms with Gasteiger partial charge in [0.15, 0.2) is 0 Å². The van der Waals surface area contributed by atoms with Crippen LogP contribution in [-0.2, 0) is 19.1 Å².